The first-order chi connectivity index (χ1) is 10.7. The van der Waals surface area contributed by atoms with Gasteiger partial charge in [-0.25, -0.2) is 0 Å². The third-order valence-electron chi connectivity index (χ3n) is 3.89. The van der Waals surface area contributed by atoms with Gasteiger partial charge in [-0.1, -0.05) is 42.5 Å². The van der Waals surface area contributed by atoms with Gasteiger partial charge in [0.05, 0.1) is 11.3 Å². The summed E-state index contributed by atoms with van der Waals surface area (Å²) in [5.41, 5.74) is 2.47. The molecule has 0 atom stereocenters. The second-order valence-electron chi connectivity index (χ2n) is 5.20. The number of para-hydroxylation sites is 1. The van der Waals surface area contributed by atoms with Gasteiger partial charge in [-0.15, -0.1) is 0 Å². The van der Waals surface area contributed by atoms with Gasteiger partial charge in [0.15, 0.2) is 11.6 Å². The summed E-state index contributed by atoms with van der Waals surface area (Å²) in [6, 6.07) is 14.1. The van der Waals surface area contributed by atoms with Gasteiger partial charge in [-0.3, -0.25) is 9.59 Å². The molecule has 4 nitrogen and oxygen atoms in total. The molecule has 0 amide bonds. The summed E-state index contributed by atoms with van der Waals surface area (Å²) in [6.07, 6.45) is 1.55. The Hall–Kier alpha value is -3.14. The summed E-state index contributed by atoms with van der Waals surface area (Å²) in [7, 11) is 0. The zero-order valence-corrected chi connectivity index (χ0v) is 11.5. The van der Waals surface area contributed by atoms with Crippen molar-refractivity contribution in [2.75, 3.05) is 5.32 Å². The highest BCUT2D eigenvalue weighted by molar-refractivity contribution is 6.40. The molecule has 0 bridgehead atoms. The van der Waals surface area contributed by atoms with E-state index in [9.17, 15) is 14.7 Å². The summed E-state index contributed by atoms with van der Waals surface area (Å²) in [6.45, 7) is 0. The van der Waals surface area contributed by atoms with Crippen LogP contribution in [0.5, 0.6) is 0 Å². The molecule has 2 aromatic rings. The van der Waals surface area contributed by atoms with Crippen LogP contribution in [0.2, 0.25) is 0 Å². The van der Waals surface area contributed by atoms with Gasteiger partial charge in [0.25, 0.3) is 0 Å². The highest BCUT2D eigenvalue weighted by Crippen LogP contribution is 2.34. The lowest BCUT2D eigenvalue weighted by molar-refractivity contribution is 0.0986. The predicted molar refractivity (Wildman–Crippen MR) is 82.8 cm³/mol. The van der Waals surface area contributed by atoms with Gasteiger partial charge >= 0.3 is 0 Å². The summed E-state index contributed by atoms with van der Waals surface area (Å²) < 4.78 is 0. The van der Waals surface area contributed by atoms with E-state index in [1.807, 2.05) is 24.3 Å². The van der Waals surface area contributed by atoms with Crippen molar-refractivity contribution in [3.8, 4) is 0 Å². The lowest BCUT2D eigenvalue weighted by Crippen LogP contribution is -2.16. The van der Waals surface area contributed by atoms with Gasteiger partial charge in [0.2, 0.25) is 0 Å². The highest BCUT2D eigenvalue weighted by Gasteiger charge is 2.37. The zero-order chi connectivity index (χ0) is 15.3. The van der Waals surface area contributed by atoms with Crippen LogP contribution in [0.4, 0.5) is 5.69 Å². The molecule has 0 aromatic heterocycles. The Labute approximate surface area is 126 Å². The number of rotatable bonds is 0. The van der Waals surface area contributed by atoms with Crippen LogP contribution < -0.4 is 5.32 Å². The van der Waals surface area contributed by atoms with E-state index in [1.165, 1.54) is 0 Å². The van der Waals surface area contributed by atoms with Crippen LogP contribution in [0.15, 0.2) is 65.6 Å². The fraction of sp³-hybridized carbons (Fsp3) is 0. The molecule has 1 heterocycles. The van der Waals surface area contributed by atoms with E-state index in [0.717, 1.165) is 11.3 Å². The van der Waals surface area contributed by atoms with Crippen molar-refractivity contribution in [2.45, 2.75) is 0 Å². The van der Waals surface area contributed by atoms with E-state index >= 15 is 0 Å². The molecular weight excluding hydrogens is 278 g/mol. The van der Waals surface area contributed by atoms with Crippen molar-refractivity contribution in [3.63, 3.8) is 0 Å². The average Bonchev–Trinajstić information content (AvgIpc) is 2.79. The molecule has 1 aliphatic heterocycles. The Morgan fingerprint density at radius 2 is 1.41 bits per heavy atom. The van der Waals surface area contributed by atoms with Crippen molar-refractivity contribution in [1.29, 1.82) is 0 Å². The second-order valence-corrected chi connectivity index (χ2v) is 5.20. The Morgan fingerprint density at radius 3 is 2.09 bits per heavy atom. The van der Waals surface area contributed by atoms with Gasteiger partial charge in [-0.05, 0) is 12.1 Å². The van der Waals surface area contributed by atoms with Crippen LogP contribution in [0.1, 0.15) is 26.3 Å². The molecule has 0 unspecified atom stereocenters. The molecule has 0 saturated heterocycles. The first-order valence-corrected chi connectivity index (χ1v) is 6.86. The van der Waals surface area contributed by atoms with Gasteiger partial charge in [-0.2, -0.15) is 0 Å². The lowest BCUT2D eigenvalue weighted by Gasteiger charge is -2.19. The maximum Gasteiger partial charge on any atom is 0.199 e. The molecule has 2 aromatic carbocycles. The Morgan fingerprint density at radius 1 is 0.818 bits per heavy atom. The summed E-state index contributed by atoms with van der Waals surface area (Å²) >= 11 is 0. The number of hydrogen-bond donors (Lipinski definition) is 2. The summed E-state index contributed by atoms with van der Waals surface area (Å²) in [5.74, 6) is -0.826. The number of aliphatic hydroxyl groups is 1. The minimum Gasteiger partial charge on any atom is -0.506 e. The topological polar surface area (TPSA) is 66.4 Å². The maximum atomic E-state index is 12.5. The van der Waals surface area contributed by atoms with Crippen LogP contribution in [0, 0.1) is 0 Å². The zero-order valence-electron chi connectivity index (χ0n) is 11.5. The number of carbonyl (C=O) groups excluding carboxylic acids is 2. The van der Waals surface area contributed by atoms with Crippen LogP contribution in [0.3, 0.4) is 0 Å². The van der Waals surface area contributed by atoms with Crippen LogP contribution in [-0.4, -0.2) is 16.7 Å². The van der Waals surface area contributed by atoms with Crippen LogP contribution >= 0.6 is 0 Å². The Kier molecular flexibility index (Phi) is 2.53. The predicted octanol–water partition coefficient (Wildman–Crippen LogP) is 3.34. The molecule has 0 saturated carbocycles. The quantitative estimate of drug-likeness (QED) is 0.576. The van der Waals surface area contributed by atoms with Gasteiger partial charge < -0.3 is 10.4 Å². The number of aliphatic hydroxyl groups excluding tert-OH is 1. The molecular formula is C18H11NO3. The van der Waals surface area contributed by atoms with Crippen LogP contribution in [-0.2, 0) is 0 Å². The molecule has 0 fully saturated rings. The van der Waals surface area contributed by atoms with E-state index in [1.54, 1.807) is 30.3 Å². The first-order valence-electron chi connectivity index (χ1n) is 6.86. The van der Waals surface area contributed by atoms with E-state index < -0.39 is 0 Å². The van der Waals surface area contributed by atoms with Crippen molar-refractivity contribution in [2.24, 2.45) is 0 Å². The molecule has 106 valence electrons. The average molecular weight is 289 g/mol. The molecule has 1 aliphatic carbocycles. The SMILES string of the molecule is O=C1C(=C2Nc3ccccc3C=C2O)C(=O)c2ccccc21. The minimum absolute atomic E-state index is 0.00977. The summed E-state index contributed by atoms with van der Waals surface area (Å²) in [4.78, 5) is 25.0. The number of anilines is 1. The first kappa shape index (κ1) is 12.6. The number of carbonyl (C=O) groups is 2. The second kappa shape index (κ2) is 4.43. The monoisotopic (exact) mass is 289 g/mol. The van der Waals surface area contributed by atoms with Crippen LogP contribution in [0.25, 0.3) is 6.08 Å². The van der Waals surface area contributed by atoms with Crippen molar-refractivity contribution in [3.05, 3.63) is 82.3 Å². The number of Topliss-reactive ketones (excluding diaryl/α,β-unsaturated/α-hetero) is 2. The molecule has 4 rings (SSSR count). The highest BCUT2D eigenvalue weighted by atomic mass is 16.3. The van der Waals surface area contributed by atoms with E-state index in [0.29, 0.717) is 11.1 Å². The number of fused-ring (bicyclic) bond motifs is 2. The number of nitrogens with one attached hydrogen (secondary N) is 1. The molecule has 2 N–H and O–H groups in total. The number of benzene rings is 2. The number of allylic oxidation sites excluding steroid dienone is 1. The summed E-state index contributed by atoms with van der Waals surface area (Å²) in [5, 5.41) is 13.2. The molecule has 0 radical (unpaired) electrons. The third-order valence-corrected chi connectivity index (χ3v) is 3.89. The normalized spacial score (nSPS) is 16.1. The fourth-order valence-electron chi connectivity index (χ4n) is 2.82. The standard InChI is InChI=1S/C18H11NO3/c20-14-9-10-5-1-4-8-13(10)19-16(14)15-17(21)11-6-2-3-7-12(11)18(15)22/h1-9,19-20H. The van der Waals surface area contributed by atoms with Crippen molar-refractivity contribution in [1.82, 2.24) is 0 Å². The number of hydrogen-bond acceptors (Lipinski definition) is 4. The van der Waals surface area contributed by atoms with Crippen molar-refractivity contribution < 1.29 is 14.7 Å². The Bertz CT molecular complexity index is 869. The lowest BCUT2D eigenvalue weighted by atomic mass is 10.0. The molecule has 0 spiro atoms. The van der Waals surface area contributed by atoms with E-state index in [-0.39, 0.29) is 28.6 Å². The van der Waals surface area contributed by atoms with Gasteiger partial charge in [0.1, 0.15) is 5.76 Å². The molecule has 22 heavy (non-hydrogen) atoms. The number of ketones is 2. The molecule has 2 aliphatic rings. The largest absolute Gasteiger partial charge is 0.506 e. The third kappa shape index (κ3) is 1.64. The Balaban J connectivity index is 1.91. The van der Waals surface area contributed by atoms with E-state index in [2.05, 4.69) is 5.32 Å². The smallest absolute Gasteiger partial charge is 0.199 e. The van der Waals surface area contributed by atoms with E-state index in [4.69, 9.17) is 0 Å². The molecule has 4 heteroatoms. The van der Waals surface area contributed by atoms with Crippen molar-refractivity contribution >= 4 is 23.3 Å². The maximum absolute atomic E-state index is 12.5. The minimum atomic E-state index is -0.359. The van der Waals surface area contributed by atoms with Gasteiger partial charge in [0, 0.05) is 22.4 Å². The fourth-order valence-corrected chi connectivity index (χ4v) is 2.82.